The maximum absolute atomic E-state index is 11.1. The molecular weight excluding hydrogens is 178 g/mol. The highest BCUT2D eigenvalue weighted by molar-refractivity contribution is 6.17. The van der Waals surface area contributed by atoms with E-state index in [1.807, 2.05) is 5.43 Å². The summed E-state index contributed by atoms with van der Waals surface area (Å²) in [6.45, 7) is 1.38. The van der Waals surface area contributed by atoms with Crippen molar-refractivity contribution in [2.75, 3.05) is 0 Å². The lowest BCUT2D eigenvalue weighted by molar-refractivity contribution is -0.140. The van der Waals surface area contributed by atoms with Crippen LogP contribution in [0, 0.1) is 4.91 Å². The first-order valence-corrected chi connectivity index (χ1v) is 3.44. The smallest absolute Gasteiger partial charge is 0.306 e. The summed E-state index contributed by atoms with van der Waals surface area (Å²) in [6.07, 6.45) is -0.669. The number of carbonyl (C=O) groups excluding carboxylic acids is 1. The Morgan fingerprint density at radius 3 is 2.69 bits per heavy atom. The van der Waals surface area contributed by atoms with Gasteiger partial charge >= 0.3 is 5.97 Å². The molecule has 0 bridgehead atoms. The molecule has 2 N–H and O–H groups in total. The Balaban J connectivity index is 3.04. The van der Waals surface area contributed by atoms with Gasteiger partial charge in [-0.3, -0.25) is 9.59 Å². The molecular formula is C6H7N3O4. The molecule has 0 fully saturated rings. The minimum Gasteiger partial charge on any atom is -0.481 e. The molecule has 1 aliphatic heterocycles. The monoisotopic (exact) mass is 185 g/mol. The van der Waals surface area contributed by atoms with E-state index in [2.05, 4.69) is 10.3 Å². The Hall–Kier alpha value is -1.79. The number of carboxylic acids is 1. The molecule has 0 aromatic carbocycles. The summed E-state index contributed by atoms with van der Waals surface area (Å²) in [6, 6.07) is 0. The van der Waals surface area contributed by atoms with Crippen LogP contribution >= 0.6 is 0 Å². The fourth-order valence-corrected chi connectivity index (χ4v) is 1.05. The van der Waals surface area contributed by atoms with Crippen molar-refractivity contribution in [3.63, 3.8) is 0 Å². The minimum atomic E-state index is -1.86. The molecule has 13 heavy (non-hydrogen) atoms. The predicted octanol–water partition coefficient (Wildman–Crippen LogP) is -0.528. The van der Waals surface area contributed by atoms with Gasteiger partial charge in [0.15, 0.2) is 0 Å². The average Bonchev–Trinajstić information content (AvgIpc) is 2.32. The van der Waals surface area contributed by atoms with Gasteiger partial charge in [-0.25, -0.2) is 5.43 Å². The van der Waals surface area contributed by atoms with Gasteiger partial charge in [0.05, 0.1) is 12.1 Å². The van der Waals surface area contributed by atoms with Gasteiger partial charge in [-0.1, -0.05) is 0 Å². The van der Waals surface area contributed by atoms with Crippen LogP contribution in [0.2, 0.25) is 0 Å². The number of nitrogens with one attached hydrogen (secondary N) is 1. The van der Waals surface area contributed by atoms with Crippen LogP contribution in [-0.2, 0) is 9.59 Å². The maximum Gasteiger partial charge on any atom is 0.306 e. The van der Waals surface area contributed by atoms with E-state index in [-0.39, 0.29) is 5.71 Å². The van der Waals surface area contributed by atoms with Gasteiger partial charge < -0.3 is 5.11 Å². The normalized spacial score (nSPS) is 26.5. The first kappa shape index (κ1) is 9.30. The van der Waals surface area contributed by atoms with Crippen LogP contribution in [0.3, 0.4) is 0 Å². The van der Waals surface area contributed by atoms with Gasteiger partial charge in [-0.2, -0.15) is 5.10 Å². The molecule has 0 aromatic heterocycles. The van der Waals surface area contributed by atoms with Crippen LogP contribution in [0.15, 0.2) is 10.3 Å². The van der Waals surface area contributed by atoms with Crippen molar-refractivity contribution in [3.05, 3.63) is 4.91 Å². The maximum atomic E-state index is 11.1. The molecule has 1 aliphatic rings. The summed E-state index contributed by atoms with van der Waals surface area (Å²) >= 11 is 0. The van der Waals surface area contributed by atoms with E-state index in [0.29, 0.717) is 0 Å². The van der Waals surface area contributed by atoms with E-state index < -0.39 is 23.8 Å². The van der Waals surface area contributed by atoms with E-state index >= 15 is 0 Å². The zero-order valence-corrected chi connectivity index (χ0v) is 6.77. The molecule has 1 rings (SSSR count). The number of nitrogens with zero attached hydrogens (tertiary/aromatic N) is 2. The highest BCUT2D eigenvalue weighted by Crippen LogP contribution is 2.22. The third-order valence-corrected chi connectivity index (χ3v) is 1.86. The lowest BCUT2D eigenvalue weighted by atomic mass is 9.91. The quantitative estimate of drug-likeness (QED) is 0.576. The second-order valence-corrected chi connectivity index (χ2v) is 2.66. The number of rotatable bonds is 3. The largest absolute Gasteiger partial charge is 0.481 e. The van der Waals surface area contributed by atoms with E-state index in [1.165, 1.54) is 6.92 Å². The number of hydrazone groups is 1. The Labute approximate surface area is 72.8 Å². The predicted molar refractivity (Wildman–Crippen MR) is 42.0 cm³/mol. The molecule has 0 saturated carbocycles. The Bertz CT molecular complexity index is 311. The molecule has 0 radical (unpaired) electrons. The number of nitroso groups, excluding NO2 is 1. The Morgan fingerprint density at radius 1 is 1.77 bits per heavy atom. The third-order valence-electron chi connectivity index (χ3n) is 1.86. The van der Waals surface area contributed by atoms with Crippen LogP contribution in [-0.4, -0.2) is 28.2 Å². The van der Waals surface area contributed by atoms with E-state index in [9.17, 15) is 14.5 Å². The van der Waals surface area contributed by atoms with Crippen molar-refractivity contribution in [1.82, 2.24) is 5.43 Å². The summed E-state index contributed by atoms with van der Waals surface area (Å²) in [7, 11) is 0. The Morgan fingerprint density at radius 2 is 2.38 bits per heavy atom. The number of amides is 1. The lowest BCUT2D eigenvalue weighted by Gasteiger charge is -2.14. The van der Waals surface area contributed by atoms with Crippen molar-refractivity contribution in [3.8, 4) is 0 Å². The molecule has 1 unspecified atom stereocenters. The molecule has 1 amide bonds. The number of hydrogen-bond donors (Lipinski definition) is 2. The van der Waals surface area contributed by atoms with Gasteiger partial charge in [0.2, 0.25) is 5.54 Å². The molecule has 0 aliphatic carbocycles. The second-order valence-electron chi connectivity index (χ2n) is 2.66. The molecule has 7 nitrogen and oxygen atoms in total. The standard InChI is InChI=1S/C6H7N3O4/c1-3-6(9-13,2-4(10)11)5(12)8-7-3/h2H2,1H3,(H,8,12)(H,10,11). The summed E-state index contributed by atoms with van der Waals surface area (Å²) in [5, 5.41) is 14.5. The number of hydrogen-bond acceptors (Lipinski definition) is 5. The van der Waals surface area contributed by atoms with Crippen LogP contribution in [0.25, 0.3) is 0 Å². The first-order chi connectivity index (χ1) is 6.03. The summed E-state index contributed by atoms with van der Waals surface area (Å²) in [4.78, 5) is 31.9. The molecule has 70 valence electrons. The molecule has 0 spiro atoms. The SMILES string of the molecule is CC1=NNC(=O)C1(CC(=O)O)N=O. The van der Waals surface area contributed by atoms with Gasteiger partial charge in [0, 0.05) is 0 Å². The topological polar surface area (TPSA) is 108 Å². The van der Waals surface area contributed by atoms with E-state index in [4.69, 9.17) is 5.11 Å². The second kappa shape index (κ2) is 2.92. The number of aliphatic carboxylic acids is 1. The Kier molecular flexibility index (Phi) is 2.09. The third kappa shape index (κ3) is 1.28. The zero-order chi connectivity index (χ0) is 10.1. The van der Waals surface area contributed by atoms with Gasteiger partial charge in [0.25, 0.3) is 5.91 Å². The van der Waals surface area contributed by atoms with E-state index in [1.54, 1.807) is 0 Å². The van der Waals surface area contributed by atoms with Crippen LogP contribution in [0.4, 0.5) is 0 Å². The molecule has 0 aromatic rings. The summed E-state index contributed by atoms with van der Waals surface area (Å²) in [5.41, 5.74) is 0.232. The average molecular weight is 185 g/mol. The minimum absolute atomic E-state index is 0.0786. The molecule has 7 heteroatoms. The summed E-state index contributed by atoms with van der Waals surface area (Å²) in [5.74, 6) is -2.06. The fraction of sp³-hybridized carbons (Fsp3) is 0.500. The van der Waals surface area contributed by atoms with Crippen molar-refractivity contribution in [2.45, 2.75) is 18.9 Å². The first-order valence-electron chi connectivity index (χ1n) is 3.44. The van der Waals surface area contributed by atoms with Gasteiger partial charge in [0.1, 0.15) is 0 Å². The van der Waals surface area contributed by atoms with Gasteiger partial charge in [-0.15, -0.1) is 4.91 Å². The van der Waals surface area contributed by atoms with Crippen LogP contribution in [0.1, 0.15) is 13.3 Å². The van der Waals surface area contributed by atoms with Crippen molar-refractivity contribution in [1.29, 1.82) is 0 Å². The zero-order valence-electron chi connectivity index (χ0n) is 6.77. The summed E-state index contributed by atoms with van der Waals surface area (Å²) < 4.78 is 0. The van der Waals surface area contributed by atoms with E-state index in [0.717, 1.165) is 0 Å². The van der Waals surface area contributed by atoms with Gasteiger partial charge in [-0.05, 0) is 12.1 Å². The van der Waals surface area contributed by atoms with Crippen molar-refractivity contribution in [2.24, 2.45) is 10.3 Å². The molecule has 1 atom stereocenters. The molecule has 1 heterocycles. The fourth-order valence-electron chi connectivity index (χ4n) is 1.05. The van der Waals surface area contributed by atoms with Crippen molar-refractivity contribution < 1.29 is 14.7 Å². The van der Waals surface area contributed by atoms with Crippen molar-refractivity contribution >= 4 is 17.6 Å². The number of carbonyl (C=O) groups is 2. The molecule has 0 saturated heterocycles. The highest BCUT2D eigenvalue weighted by atomic mass is 16.4. The van der Waals surface area contributed by atoms with Crippen LogP contribution < -0.4 is 5.43 Å². The van der Waals surface area contributed by atoms with Crippen LogP contribution in [0.5, 0.6) is 0 Å². The number of carboxylic acid groups (broad SMARTS) is 1. The highest BCUT2D eigenvalue weighted by Gasteiger charge is 2.49. The lowest BCUT2D eigenvalue weighted by Crippen LogP contribution is -2.44.